The molecule has 11 atom stereocenters. The number of rotatable bonds is 1. The predicted octanol–water partition coefficient (Wildman–Crippen LogP) is 6.23. The van der Waals surface area contributed by atoms with Crippen LogP contribution >= 0.6 is 0 Å². The first-order chi connectivity index (χ1) is 15.2. The first kappa shape index (κ1) is 21.7. The normalized spacial score (nSPS) is 54.5. The minimum absolute atomic E-state index is 0.113. The molecule has 2 aliphatic heterocycles. The number of hydrogen-bond donors (Lipinski definition) is 0. The smallest absolute Gasteiger partial charge is 0.302 e. The van der Waals surface area contributed by atoms with E-state index in [9.17, 15) is 4.79 Å². The van der Waals surface area contributed by atoms with Gasteiger partial charge in [-0.15, -0.1) is 0 Å². The molecular formula is C29H45NO2. The van der Waals surface area contributed by atoms with Crippen molar-refractivity contribution >= 4 is 5.97 Å². The van der Waals surface area contributed by atoms with Crippen molar-refractivity contribution in [2.75, 3.05) is 6.54 Å². The zero-order valence-electron chi connectivity index (χ0n) is 21.1. The largest absolute Gasteiger partial charge is 0.462 e. The Bertz CT molecular complexity index is 820. The highest BCUT2D eigenvalue weighted by Gasteiger charge is 2.66. The monoisotopic (exact) mass is 439 g/mol. The van der Waals surface area contributed by atoms with E-state index in [1.54, 1.807) is 12.5 Å². The summed E-state index contributed by atoms with van der Waals surface area (Å²) in [7, 11) is 0. The SMILES string of the molecule is CC(=O)OC1CCC2(C)C(=CCC3C2CCC2(C)C3CC3C2C(C)C2CCC(C)CN23)C1. The van der Waals surface area contributed by atoms with Crippen LogP contribution in [0.5, 0.6) is 0 Å². The van der Waals surface area contributed by atoms with Crippen LogP contribution in [0.15, 0.2) is 11.6 Å². The molecule has 3 nitrogen and oxygen atoms in total. The van der Waals surface area contributed by atoms with Crippen molar-refractivity contribution in [3.05, 3.63) is 11.6 Å². The van der Waals surface area contributed by atoms with Crippen LogP contribution in [-0.4, -0.2) is 35.6 Å². The molecule has 0 amide bonds. The van der Waals surface area contributed by atoms with Crippen molar-refractivity contribution in [1.82, 2.24) is 4.90 Å². The molecule has 4 aliphatic carbocycles. The second-order valence-electron chi connectivity index (χ2n) is 13.4. The number of fused-ring (bicyclic) bond motifs is 9. The van der Waals surface area contributed by atoms with Gasteiger partial charge in [0.1, 0.15) is 6.10 Å². The Morgan fingerprint density at radius 2 is 1.88 bits per heavy atom. The quantitative estimate of drug-likeness (QED) is 0.358. The van der Waals surface area contributed by atoms with Crippen LogP contribution in [0.2, 0.25) is 0 Å². The number of esters is 1. The van der Waals surface area contributed by atoms with Crippen LogP contribution in [0, 0.1) is 46.3 Å². The van der Waals surface area contributed by atoms with Crippen LogP contribution in [0.25, 0.3) is 0 Å². The molecule has 3 heteroatoms. The molecule has 5 fully saturated rings. The maximum absolute atomic E-state index is 11.5. The summed E-state index contributed by atoms with van der Waals surface area (Å²) in [4.78, 5) is 14.5. The van der Waals surface area contributed by atoms with Gasteiger partial charge in [0.25, 0.3) is 0 Å². The minimum Gasteiger partial charge on any atom is -0.462 e. The van der Waals surface area contributed by atoms with Gasteiger partial charge in [0.05, 0.1) is 0 Å². The fourth-order valence-electron chi connectivity index (χ4n) is 10.7. The number of hydrogen-bond acceptors (Lipinski definition) is 3. The molecule has 0 radical (unpaired) electrons. The third-order valence-corrected chi connectivity index (χ3v) is 12.0. The van der Waals surface area contributed by atoms with Crippen molar-refractivity contribution in [3.8, 4) is 0 Å². The van der Waals surface area contributed by atoms with Gasteiger partial charge in [0.2, 0.25) is 0 Å². The van der Waals surface area contributed by atoms with Gasteiger partial charge < -0.3 is 4.74 Å². The summed E-state index contributed by atoms with van der Waals surface area (Å²) < 4.78 is 5.64. The van der Waals surface area contributed by atoms with Crippen LogP contribution in [0.1, 0.15) is 92.4 Å². The Balaban J connectivity index is 1.27. The lowest BCUT2D eigenvalue weighted by molar-refractivity contribution is -0.148. The summed E-state index contributed by atoms with van der Waals surface area (Å²) in [5.74, 6) is 5.17. The number of piperidine rings is 1. The third kappa shape index (κ3) is 2.91. The van der Waals surface area contributed by atoms with Gasteiger partial charge in [-0.1, -0.05) is 39.3 Å². The first-order valence-electron chi connectivity index (χ1n) is 13.8. The lowest BCUT2D eigenvalue weighted by Crippen LogP contribution is -2.51. The summed E-state index contributed by atoms with van der Waals surface area (Å²) in [6.07, 6.45) is 14.4. The van der Waals surface area contributed by atoms with Gasteiger partial charge in [0, 0.05) is 32.0 Å². The van der Waals surface area contributed by atoms with Crippen LogP contribution < -0.4 is 0 Å². The second kappa shape index (κ2) is 7.33. The van der Waals surface area contributed by atoms with Crippen molar-refractivity contribution in [2.24, 2.45) is 46.3 Å². The van der Waals surface area contributed by atoms with Gasteiger partial charge in [-0.2, -0.15) is 0 Å². The zero-order valence-corrected chi connectivity index (χ0v) is 21.1. The third-order valence-electron chi connectivity index (χ3n) is 12.0. The van der Waals surface area contributed by atoms with Gasteiger partial charge in [-0.3, -0.25) is 9.69 Å². The molecule has 0 bridgehead atoms. The molecule has 2 heterocycles. The van der Waals surface area contributed by atoms with Crippen molar-refractivity contribution in [1.29, 1.82) is 0 Å². The molecule has 178 valence electrons. The van der Waals surface area contributed by atoms with Crippen molar-refractivity contribution in [3.63, 3.8) is 0 Å². The molecule has 6 rings (SSSR count). The van der Waals surface area contributed by atoms with E-state index in [1.807, 2.05) is 0 Å². The van der Waals surface area contributed by atoms with Gasteiger partial charge in [0.15, 0.2) is 0 Å². The van der Waals surface area contributed by atoms with E-state index < -0.39 is 0 Å². The fraction of sp³-hybridized carbons (Fsp3) is 0.897. The molecular weight excluding hydrogens is 394 g/mol. The van der Waals surface area contributed by atoms with Crippen molar-refractivity contribution < 1.29 is 9.53 Å². The van der Waals surface area contributed by atoms with E-state index in [2.05, 4.69) is 38.7 Å². The molecule has 0 aromatic carbocycles. The topological polar surface area (TPSA) is 29.5 Å². The molecule has 0 N–H and O–H groups in total. The molecule has 3 saturated carbocycles. The molecule has 11 unspecified atom stereocenters. The van der Waals surface area contributed by atoms with Gasteiger partial charge in [-0.25, -0.2) is 0 Å². The number of ether oxygens (including phenoxy) is 1. The maximum atomic E-state index is 11.5. The van der Waals surface area contributed by atoms with E-state index in [0.717, 1.165) is 60.4 Å². The Kier molecular flexibility index (Phi) is 4.97. The number of carbonyl (C=O) groups is 1. The van der Waals surface area contributed by atoms with Crippen LogP contribution in [0.3, 0.4) is 0 Å². The molecule has 0 aromatic heterocycles. The van der Waals surface area contributed by atoms with E-state index in [-0.39, 0.29) is 12.1 Å². The summed E-state index contributed by atoms with van der Waals surface area (Å²) in [6.45, 7) is 13.3. The minimum atomic E-state index is -0.113. The van der Waals surface area contributed by atoms with E-state index in [1.165, 1.54) is 51.5 Å². The van der Waals surface area contributed by atoms with E-state index in [0.29, 0.717) is 10.8 Å². The van der Waals surface area contributed by atoms with Crippen molar-refractivity contribution in [2.45, 2.75) is 111 Å². The Morgan fingerprint density at radius 3 is 2.66 bits per heavy atom. The average molecular weight is 440 g/mol. The number of allylic oxidation sites excluding steroid dienone is 1. The summed E-state index contributed by atoms with van der Waals surface area (Å²) in [6, 6.07) is 1.72. The zero-order chi connectivity index (χ0) is 22.4. The van der Waals surface area contributed by atoms with E-state index in [4.69, 9.17) is 4.74 Å². The highest BCUT2D eigenvalue weighted by Crippen LogP contribution is 2.69. The summed E-state index contributed by atoms with van der Waals surface area (Å²) >= 11 is 0. The molecule has 0 spiro atoms. The van der Waals surface area contributed by atoms with Gasteiger partial charge >= 0.3 is 5.97 Å². The fourth-order valence-corrected chi connectivity index (χ4v) is 10.7. The van der Waals surface area contributed by atoms with Gasteiger partial charge in [-0.05, 0) is 97.7 Å². The lowest BCUT2D eigenvalue weighted by Gasteiger charge is -2.58. The second-order valence-corrected chi connectivity index (χ2v) is 13.4. The highest BCUT2D eigenvalue weighted by atomic mass is 16.5. The Morgan fingerprint density at radius 1 is 1.06 bits per heavy atom. The number of nitrogens with zero attached hydrogens (tertiary/aromatic N) is 1. The Labute approximate surface area is 195 Å². The van der Waals surface area contributed by atoms with E-state index >= 15 is 0 Å². The number of carbonyl (C=O) groups excluding carboxylic acids is 1. The first-order valence-corrected chi connectivity index (χ1v) is 13.8. The molecule has 6 aliphatic rings. The molecule has 2 saturated heterocycles. The summed E-state index contributed by atoms with van der Waals surface area (Å²) in [5.41, 5.74) is 2.51. The maximum Gasteiger partial charge on any atom is 0.302 e. The molecule has 32 heavy (non-hydrogen) atoms. The molecule has 0 aromatic rings. The summed E-state index contributed by atoms with van der Waals surface area (Å²) in [5, 5.41) is 0. The predicted molar refractivity (Wildman–Crippen MR) is 128 cm³/mol. The average Bonchev–Trinajstić information content (AvgIpc) is 3.20. The highest BCUT2D eigenvalue weighted by molar-refractivity contribution is 5.66. The Hall–Kier alpha value is -0.830. The van der Waals surface area contributed by atoms with Crippen LogP contribution in [0.4, 0.5) is 0 Å². The lowest BCUT2D eigenvalue weighted by atomic mass is 9.47. The van der Waals surface area contributed by atoms with Crippen LogP contribution in [-0.2, 0) is 9.53 Å². The standard InChI is InChI=1S/C29H45NO2/c1-17-6-9-25-18(2)27-26(30(25)16-17)15-24-22-8-7-20-14-21(32-19(3)31)10-12-28(20,4)23(22)11-13-29(24,27)5/h7,17-18,21-27H,6,8-16H2,1-5H3.